The summed E-state index contributed by atoms with van der Waals surface area (Å²) in [6.45, 7) is 1.88. The number of aryl methyl sites for hydroxylation is 1. The van der Waals surface area contributed by atoms with Gasteiger partial charge in [-0.15, -0.1) is 11.3 Å². The highest BCUT2D eigenvalue weighted by Gasteiger charge is 2.11. The van der Waals surface area contributed by atoms with Gasteiger partial charge < -0.3 is 5.73 Å². The molecule has 4 heteroatoms. The molecule has 0 saturated heterocycles. The van der Waals surface area contributed by atoms with Gasteiger partial charge in [-0.3, -0.25) is 4.79 Å². The molecule has 0 saturated carbocycles. The SMILES string of the molecule is Cc1ncc(C(=O)c2cccc(N)c2)s1. The van der Waals surface area contributed by atoms with Crippen LogP contribution in [-0.2, 0) is 0 Å². The van der Waals surface area contributed by atoms with Gasteiger partial charge in [-0.2, -0.15) is 0 Å². The zero-order valence-corrected chi connectivity index (χ0v) is 9.04. The molecule has 0 amide bonds. The number of hydrogen-bond acceptors (Lipinski definition) is 4. The molecule has 0 aliphatic rings. The number of carbonyl (C=O) groups is 1. The van der Waals surface area contributed by atoms with Crippen LogP contribution in [0.2, 0.25) is 0 Å². The normalized spacial score (nSPS) is 10.2. The van der Waals surface area contributed by atoms with E-state index < -0.39 is 0 Å². The number of nitrogen functional groups attached to an aromatic ring is 1. The molecular weight excluding hydrogens is 208 g/mol. The minimum absolute atomic E-state index is 0.0205. The summed E-state index contributed by atoms with van der Waals surface area (Å²) in [6.07, 6.45) is 1.60. The standard InChI is InChI=1S/C11H10N2OS/c1-7-13-6-10(15-7)11(14)8-3-2-4-9(12)5-8/h2-6H,12H2,1H3. The first-order chi connectivity index (χ1) is 7.16. The number of nitrogens with zero attached hydrogens (tertiary/aromatic N) is 1. The Hall–Kier alpha value is -1.68. The highest BCUT2D eigenvalue weighted by Crippen LogP contribution is 2.17. The zero-order valence-electron chi connectivity index (χ0n) is 8.23. The van der Waals surface area contributed by atoms with Gasteiger partial charge in [0.2, 0.25) is 5.78 Å². The molecule has 0 aliphatic heterocycles. The van der Waals surface area contributed by atoms with Crippen LogP contribution in [0.3, 0.4) is 0 Å². The minimum Gasteiger partial charge on any atom is -0.399 e. The summed E-state index contributed by atoms with van der Waals surface area (Å²) >= 11 is 1.40. The molecule has 1 aromatic heterocycles. The molecule has 0 spiro atoms. The highest BCUT2D eigenvalue weighted by atomic mass is 32.1. The molecule has 2 N–H and O–H groups in total. The molecule has 15 heavy (non-hydrogen) atoms. The average molecular weight is 218 g/mol. The van der Waals surface area contributed by atoms with E-state index in [4.69, 9.17) is 5.73 Å². The van der Waals surface area contributed by atoms with Crippen LogP contribution in [0, 0.1) is 6.92 Å². The molecule has 0 aliphatic carbocycles. The number of benzene rings is 1. The van der Waals surface area contributed by atoms with Crippen molar-refractivity contribution >= 4 is 22.8 Å². The molecule has 0 radical (unpaired) electrons. The summed E-state index contributed by atoms with van der Waals surface area (Å²) in [4.78, 5) is 16.6. The fourth-order valence-electron chi connectivity index (χ4n) is 1.29. The van der Waals surface area contributed by atoms with Crippen molar-refractivity contribution in [3.63, 3.8) is 0 Å². The monoisotopic (exact) mass is 218 g/mol. The van der Waals surface area contributed by atoms with Gasteiger partial charge in [-0.25, -0.2) is 4.98 Å². The van der Waals surface area contributed by atoms with Crippen LogP contribution >= 0.6 is 11.3 Å². The number of carbonyl (C=O) groups excluding carboxylic acids is 1. The van der Waals surface area contributed by atoms with Gasteiger partial charge in [0.25, 0.3) is 0 Å². The summed E-state index contributed by atoms with van der Waals surface area (Å²) in [7, 11) is 0. The Morgan fingerprint density at radius 1 is 1.47 bits per heavy atom. The summed E-state index contributed by atoms with van der Waals surface area (Å²) in [5, 5.41) is 0.891. The Balaban J connectivity index is 2.36. The predicted octanol–water partition coefficient (Wildman–Crippen LogP) is 2.26. The van der Waals surface area contributed by atoms with Crippen molar-refractivity contribution < 1.29 is 4.79 Å². The summed E-state index contributed by atoms with van der Waals surface area (Å²) < 4.78 is 0. The van der Waals surface area contributed by atoms with E-state index in [2.05, 4.69) is 4.98 Å². The van der Waals surface area contributed by atoms with E-state index >= 15 is 0 Å². The Labute approximate surface area is 91.6 Å². The predicted molar refractivity (Wildman–Crippen MR) is 61.1 cm³/mol. The maximum absolute atomic E-state index is 11.9. The number of ketones is 1. The van der Waals surface area contributed by atoms with Gasteiger partial charge in [0, 0.05) is 17.4 Å². The highest BCUT2D eigenvalue weighted by molar-refractivity contribution is 7.13. The molecule has 0 unspecified atom stereocenters. The third-order valence-electron chi connectivity index (χ3n) is 1.99. The van der Waals surface area contributed by atoms with Crippen LogP contribution in [0.1, 0.15) is 20.2 Å². The second-order valence-electron chi connectivity index (χ2n) is 3.20. The maximum Gasteiger partial charge on any atom is 0.204 e. The molecule has 0 bridgehead atoms. The second-order valence-corrected chi connectivity index (χ2v) is 4.43. The van der Waals surface area contributed by atoms with Crippen LogP contribution in [0.25, 0.3) is 0 Å². The third-order valence-corrected chi connectivity index (χ3v) is 2.91. The maximum atomic E-state index is 11.9. The van der Waals surface area contributed by atoms with Crippen molar-refractivity contribution in [2.24, 2.45) is 0 Å². The number of nitrogens with two attached hydrogens (primary N) is 1. The summed E-state index contributed by atoms with van der Waals surface area (Å²) in [5.74, 6) is -0.0205. The van der Waals surface area contributed by atoms with Crippen molar-refractivity contribution in [1.82, 2.24) is 4.98 Å². The topological polar surface area (TPSA) is 56.0 Å². The van der Waals surface area contributed by atoms with Crippen LogP contribution in [-0.4, -0.2) is 10.8 Å². The molecule has 1 aromatic carbocycles. The molecule has 2 rings (SSSR count). The first-order valence-corrected chi connectivity index (χ1v) is 5.31. The van der Waals surface area contributed by atoms with E-state index in [0.717, 1.165) is 5.01 Å². The van der Waals surface area contributed by atoms with Crippen LogP contribution in [0.15, 0.2) is 30.5 Å². The molecule has 3 nitrogen and oxygen atoms in total. The Kier molecular flexibility index (Phi) is 2.51. The lowest BCUT2D eigenvalue weighted by molar-refractivity contribution is 0.104. The minimum atomic E-state index is -0.0205. The van der Waals surface area contributed by atoms with Gasteiger partial charge in [-0.1, -0.05) is 12.1 Å². The molecular formula is C11H10N2OS. The van der Waals surface area contributed by atoms with Gasteiger partial charge in [0.15, 0.2) is 0 Å². The first-order valence-electron chi connectivity index (χ1n) is 4.49. The van der Waals surface area contributed by atoms with Gasteiger partial charge in [0.1, 0.15) is 0 Å². The Morgan fingerprint density at radius 3 is 2.87 bits per heavy atom. The van der Waals surface area contributed by atoms with Crippen molar-refractivity contribution in [1.29, 1.82) is 0 Å². The first kappa shape index (κ1) is 9.86. The fraction of sp³-hybridized carbons (Fsp3) is 0.0909. The number of thiazole rings is 1. The third kappa shape index (κ3) is 2.05. The lowest BCUT2D eigenvalue weighted by atomic mass is 10.1. The Bertz CT molecular complexity index is 505. The number of hydrogen-bond donors (Lipinski definition) is 1. The van der Waals surface area contributed by atoms with Gasteiger partial charge in [0.05, 0.1) is 9.88 Å². The number of aromatic nitrogens is 1. The number of anilines is 1. The number of rotatable bonds is 2. The molecule has 0 atom stereocenters. The van der Waals surface area contributed by atoms with Crippen molar-refractivity contribution in [3.05, 3.63) is 45.9 Å². The van der Waals surface area contributed by atoms with E-state index in [1.165, 1.54) is 11.3 Å². The van der Waals surface area contributed by atoms with Gasteiger partial charge in [-0.05, 0) is 19.1 Å². The van der Waals surface area contributed by atoms with E-state index in [1.807, 2.05) is 6.92 Å². The Morgan fingerprint density at radius 2 is 2.27 bits per heavy atom. The summed E-state index contributed by atoms with van der Waals surface area (Å²) in [6, 6.07) is 6.97. The van der Waals surface area contributed by atoms with Crippen LogP contribution < -0.4 is 5.73 Å². The fourth-order valence-corrected chi connectivity index (χ4v) is 2.03. The van der Waals surface area contributed by atoms with E-state index in [-0.39, 0.29) is 5.78 Å². The van der Waals surface area contributed by atoms with Gasteiger partial charge >= 0.3 is 0 Å². The van der Waals surface area contributed by atoms with E-state index in [0.29, 0.717) is 16.1 Å². The molecule has 0 fully saturated rings. The van der Waals surface area contributed by atoms with Crippen LogP contribution in [0.5, 0.6) is 0 Å². The van der Waals surface area contributed by atoms with Crippen molar-refractivity contribution in [2.45, 2.75) is 6.92 Å². The summed E-state index contributed by atoms with van der Waals surface area (Å²) in [5.41, 5.74) is 6.82. The molecule has 1 heterocycles. The quantitative estimate of drug-likeness (QED) is 0.621. The van der Waals surface area contributed by atoms with Crippen LogP contribution in [0.4, 0.5) is 5.69 Å². The smallest absolute Gasteiger partial charge is 0.204 e. The van der Waals surface area contributed by atoms with E-state index in [1.54, 1.807) is 30.5 Å². The lowest BCUT2D eigenvalue weighted by Gasteiger charge is -1.98. The average Bonchev–Trinajstić information content (AvgIpc) is 2.64. The largest absolute Gasteiger partial charge is 0.399 e. The van der Waals surface area contributed by atoms with Crippen molar-refractivity contribution in [2.75, 3.05) is 5.73 Å². The molecule has 2 aromatic rings. The molecule has 76 valence electrons. The van der Waals surface area contributed by atoms with Crippen molar-refractivity contribution in [3.8, 4) is 0 Å². The zero-order chi connectivity index (χ0) is 10.8. The second kappa shape index (κ2) is 3.82. The van der Waals surface area contributed by atoms with E-state index in [9.17, 15) is 4.79 Å². The lowest BCUT2D eigenvalue weighted by Crippen LogP contribution is -1.99.